The molecule has 6 heteroatoms. The fraction of sp³-hybridized carbons (Fsp3) is 0.375. The molecule has 1 aromatic heterocycles. The zero-order valence-electron chi connectivity index (χ0n) is 13.0. The molecule has 6 nitrogen and oxygen atoms in total. The highest BCUT2D eigenvalue weighted by atomic mass is 16.6. The lowest BCUT2D eigenvalue weighted by Gasteiger charge is -2.07. The standard InChI is InChI=1S/C16H20N2O4/c1-4-21-18-16(19)9-13-5-7-14(8-6-13)20-10-15-11(2)17-22-12(15)3/h5-8H,4,9-10H2,1-3H3,(H,18,19). The number of carbonyl (C=O) groups is 1. The molecule has 22 heavy (non-hydrogen) atoms. The molecule has 0 unspecified atom stereocenters. The third kappa shape index (κ3) is 4.33. The summed E-state index contributed by atoms with van der Waals surface area (Å²) >= 11 is 0. The van der Waals surface area contributed by atoms with Gasteiger partial charge in [0.2, 0.25) is 5.91 Å². The molecule has 0 saturated heterocycles. The normalized spacial score (nSPS) is 10.5. The van der Waals surface area contributed by atoms with E-state index in [-0.39, 0.29) is 12.3 Å². The van der Waals surface area contributed by atoms with Crippen LogP contribution < -0.4 is 10.2 Å². The van der Waals surface area contributed by atoms with Gasteiger partial charge in [-0.1, -0.05) is 17.3 Å². The van der Waals surface area contributed by atoms with Crippen molar-refractivity contribution >= 4 is 5.91 Å². The van der Waals surface area contributed by atoms with E-state index < -0.39 is 0 Å². The van der Waals surface area contributed by atoms with Crippen molar-refractivity contribution in [3.63, 3.8) is 0 Å². The van der Waals surface area contributed by atoms with Crippen LogP contribution >= 0.6 is 0 Å². The highest BCUT2D eigenvalue weighted by molar-refractivity contribution is 5.77. The lowest BCUT2D eigenvalue weighted by Crippen LogP contribution is -2.25. The van der Waals surface area contributed by atoms with E-state index in [1.807, 2.05) is 45.0 Å². The van der Waals surface area contributed by atoms with E-state index >= 15 is 0 Å². The van der Waals surface area contributed by atoms with Gasteiger partial charge in [0.15, 0.2) is 0 Å². The van der Waals surface area contributed by atoms with E-state index in [0.29, 0.717) is 13.2 Å². The number of hydroxylamine groups is 1. The van der Waals surface area contributed by atoms with E-state index in [2.05, 4.69) is 10.6 Å². The molecule has 0 radical (unpaired) electrons. The monoisotopic (exact) mass is 304 g/mol. The number of aromatic nitrogens is 1. The topological polar surface area (TPSA) is 73.6 Å². The molecular weight excluding hydrogens is 284 g/mol. The number of nitrogens with one attached hydrogen (secondary N) is 1. The molecule has 0 saturated carbocycles. The fourth-order valence-corrected chi connectivity index (χ4v) is 1.94. The number of hydrogen-bond acceptors (Lipinski definition) is 5. The van der Waals surface area contributed by atoms with Crippen LogP contribution in [-0.2, 0) is 22.7 Å². The van der Waals surface area contributed by atoms with Crippen molar-refractivity contribution in [1.82, 2.24) is 10.6 Å². The molecule has 0 aliphatic heterocycles. The lowest BCUT2D eigenvalue weighted by atomic mass is 10.1. The zero-order chi connectivity index (χ0) is 15.9. The minimum atomic E-state index is -0.175. The minimum absolute atomic E-state index is 0.175. The molecular formula is C16H20N2O4. The number of amides is 1. The van der Waals surface area contributed by atoms with E-state index in [1.54, 1.807) is 0 Å². The number of rotatable bonds is 7. The predicted octanol–water partition coefficient (Wildman–Crippen LogP) is 2.48. The summed E-state index contributed by atoms with van der Waals surface area (Å²) in [4.78, 5) is 16.4. The summed E-state index contributed by atoms with van der Waals surface area (Å²) in [7, 11) is 0. The Kier molecular flexibility index (Phi) is 5.55. The second kappa shape index (κ2) is 7.61. The van der Waals surface area contributed by atoms with Gasteiger partial charge in [-0.3, -0.25) is 9.63 Å². The summed E-state index contributed by atoms with van der Waals surface area (Å²) in [5, 5.41) is 3.89. The first kappa shape index (κ1) is 16.0. The molecule has 1 N–H and O–H groups in total. The first-order valence-corrected chi connectivity index (χ1v) is 7.14. The van der Waals surface area contributed by atoms with Gasteiger partial charge in [-0.15, -0.1) is 0 Å². The molecule has 0 aliphatic rings. The summed E-state index contributed by atoms with van der Waals surface area (Å²) in [6.45, 7) is 6.41. The van der Waals surface area contributed by atoms with Crippen LogP contribution in [-0.4, -0.2) is 17.7 Å². The maximum absolute atomic E-state index is 11.5. The first-order chi connectivity index (χ1) is 10.6. The lowest BCUT2D eigenvalue weighted by molar-refractivity contribution is -0.132. The second-order valence-corrected chi connectivity index (χ2v) is 4.87. The van der Waals surface area contributed by atoms with Crippen LogP contribution in [0.15, 0.2) is 28.8 Å². The first-order valence-electron chi connectivity index (χ1n) is 7.14. The Morgan fingerprint density at radius 1 is 1.27 bits per heavy atom. The van der Waals surface area contributed by atoms with Gasteiger partial charge in [0.25, 0.3) is 0 Å². The maximum Gasteiger partial charge on any atom is 0.247 e. The molecule has 1 heterocycles. The predicted molar refractivity (Wildman–Crippen MR) is 80.2 cm³/mol. The number of aryl methyl sites for hydroxylation is 2. The SMILES string of the molecule is CCONC(=O)Cc1ccc(OCc2c(C)noc2C)cc1. The molecule has 0 bridgehead atoms. The summed E-state index contributed by atoms with van der Waals surface area (Å²) in [5.74, 6) is 1.32. The van der Waals surface area contributed by atoms with Crippen molar-refractivity contribution in [3.05, 3.63) is 46.8 Å². The summed E-state index contributed by atoms with van der Waals surface area (Å²) in [6, 6.07) is 7.38. The summed E-state index contributed by atoms with van der Waals surface area (Å²) < 4.78 is 10.8. The van der Waals surface area contributed by atoms with Crippen molar-refractivity contribution in [2.75, 3.05) is 6.61 Å². The van der Waals surface area contributed by atoms with Crippen LogP contribution in [0.25, 0.3) is 0 Å². The van der Waals surface area contributed by atoms with Gasteiger partial charge in [0.1, 0.15) is 18.1 Å². The number of carbonyl (C=O) groups excluding carboxylic acids is 1. The molecule has 0 spiro atoms. The third-order valence-corrected chi connectivity index (χ3v) is 3.18. The highest BCUT2D eigenvalue weighted by Gasteiger charge is 2.09. The Morgan fingerprint density at radius 3 is 2.59 bits per heavy atom. The molecule has 0 fully saturated rings. The highest BCUT2D eigenvalue weighted by Crippen LogP contribution is 2.18. The van der Waals surface area contributed by atoms with Gasteiger partial charge in [0, 0.05) is 0 Å². The number of ether oxygens (including phenoxy) is 1. The molecule has 118 valence electrons. The quantitative estimate of drug-likeness (QED) is 0.796. The van der Waals surface area contributed by atoms with E-state index in [9.17, 15) is 4.79 Å². The Labute approximate surface area is 129 Å². The van der Waals surface area contributed by atoms with Gasteiger partial charge < -0.3 is 9.26 Å². The van der Waals surface area contributed by atoms with E-state index in [1.165, 1.54) is 0 Å². The zero-order valence-corrected chi connectivity index (χ0v) is 13.0. The number of nitrogens with zero attached hydrogens (tertiary/aromatic N) is 1. The molecule has 1 amide bonds. The average Bonchev–Trinajstić information content (AvgIpc) is 2.83. The van der Waals surface area contributed by atoms with E-state index in [0.717, 1.165) is 28.3 Å². The van der Waals surface area contributed by atoms with Crippen molar-refractivity contribution < 1.29 is 18.9 Å². The van der Waals surface area contributed by atoms with Gasteiger partial charge in [0.05, 0.1) is 24.3 Å². The maximum atomic E-state index is 11.5. The summed E-state index contributed by atoms with van der Waals surface area (Å²) in [5.41, 5.74) is 5.05. The van der Waals surface area contributed by atoms with Crippen molar-refractivity contribution in [2.24, 2.45) is 0 Å². The smallest absolute Gasteiger partial charge is 0.247 e. The van der Waals surface area contributed by atoms with Gasteiger partial charge in [-0.05, 0) is 38.5 Å². The molecule has 2 rings (SSSR count). The second-order valence-electron chi connectivity index (χ2n) is 4.87. The molecule has 1 aromatic carbocycles. The fourth-order valence-electron chi connectivity index (χ4n) is 1.94. The minimum Gasteiger partial charge on any atom is -0.489 e. The average molecular weight is 304 g/mol. The summed E-state index contributed by atoms with van der Waals surface area (Å²) in [6.07, 6.45) is 0.268. The Morgan fingerprint density at radius 2 is 2.00 bits per heavy atom. The van der Waals surface area contributed by atoms with Crippen LogP contribution in [0.5, 0.6) is 5.75 Å². The number of benzene rings is 1. The number of hydrogen-bond donors (Lipinski definition) is 1. The van der Waals surface area contributed by atoms with Crippen molar-refractivity contribution in [2.45, 2.75) is 33.8 Å². The van der Waals surface area contributed by atoms with Crippen LogP contribution in [0.3, 0.4) is 0 Å². The van der Waals surface area contributed by atoms with Crippen LogP contribution in [0.2, 0.25) is 0 Å². The third-order valence-electron chi connectivity index (χ3n) is 3.18. The Bertz CT molecular complexity index is 600. The molecule has 0 aliphatic carbocycles. The van der Waals surface area contributed by atoms with Crippen molar-refractivity contribution in [1.29, 1.82) is 0 Å². The Balaban J connectivity index is 1.88. The van der Waals surface area contributed by atoms with Gasteiger partial charge >= 0.3 is 0 Å². The largest absolute Gasteiger partial charge is 0.489 e. The van der Waals surface area contributed by atoms with Crippen LogP contribution in [0, 0.1) is 13.8 Å². The van der Waals surface area contributed by atoms with Gasteiger partial charge in [-0.2, -0.15) is 0 Å². The molecule has 2 aromatic rings. The van der Waals surface area contributed by atoms with Crippen LogP contribution in [0.4, 0.5) is 0 Å². The van der Waals surface area contributed by atoms with Crippen molar-refractivity contribution in [3.8, 4) is 5.75 Å². The molecule has 0 atom stereocenters. The Hall–Kier alpha value is -2.34. The van der Waals surface area contributed by atoms with Gasteiger partial charge in [-0.25, -0.2) is 5.48 Å². The van der Waals surface area contributed by atoms with Crippen LogP contribution in [0.1, 0.15) is 29.5 Å². The van der Waals surface area contributed by atoms with E-state index in [4.69, 9.17) is 14.1 Å².